The number of hydrogen-bond donors (Lipinski definition) is 1. The second-order valence-electron chi connectivity index (χ2n) is 6.05. The molecule has 2 atom stereocenters. The maximum Gasteiger partial charge on any atom is 0.222 e. The lowest BCUT2D eigenvalue weighted by molar-refractivity contribution is -0.129. The van der Waals surface area contributed by atoms with Crippen LogP contribution < -0.4 is 5.32 Å². The van der Waals surface area contributed by atoms with Gasteiger partial charge in [0.1, 0.15) is 0 Å². The first-order chi connectivity index (χ1) is 9.76. The van der Waals surface area contributed by atoms with E-state index in [0.717, 1.165) is 25.9 Å². The molecule has 0 spiro atoms. The van der Waals surface area contributed by atoms with E-state index in [4.69, 9.17) is 0 Å². The summed E-state index contributed by atoms with van der Waals surface area (Å²) in [5.74, 6) is 0.295. The number of nitrogens with zero attached hydrogens (tertiary/aromatic N) is 1. The molecule has 1 aromatic carbocycles. The summed E-state index contributed by atoms with van der Waals surface area (Å²) in [5, 5.41) is 3.77. The van der Waals surface area contributed by atoms with Gasteiger partial charge >= 0.3 is 0 Å². The molecular formula is C17H24N2O. The van der Waals surface area contributed by atoms with Gasteiger partial charge in [0.15, 0.2) is 0 Å². The molecule has 2 aliphatic rings. The number of amides is 1. The van der Waals surface area contributed by atoms with E-state index in [2.05, 4.69) is 29.6 Å². The summed E-state index contributed by atoms with van der Waals surface area (Å²) in [6, 6.07) is 9.84. The molecule has 3 nitrogen and oxygen atoms in total. The van der Waals surface area contributed by atoms with Gasteiger partial charge in [-0.2, -0.15) is 0 Å². The van der Waals surface area contributed by atoms with Gasteiger partial charge in [-0.3, -0.25) is 4.79 Å². The van der Waals surface area contributed by atoms with Gasteiger partial charge in [0, 0.05) is 31.6 Å². The van der Waals surface area contributed by atoms with Crippen molar-refractivity contribution >= 4 is 5.91 Å². The minimum absolute atomic E-state index is 0.295. The summed E-state index contributed by atoms with van der Waals surface area (Å²) >= 11 is 0. The van der Waals surface area contributed by atoms with Gasteiger partial charge in [0.25, 0.3) is 0 Å². The zero-order valence-corrected chi connectivity index (χ0v) is 12.3. The van der Waals surface area contributed by atoms with Crippen LogP contribution in [0.4, 0.5) is 0 Å². The third kappa shape index (κ3) is 2.88. The van der Waals surface area contributed by atoms with Crippen molar-refractivity contribution in [1.29, 1.82) is 0 Å². The fraction of sp³-hybridized carbons (Fsp3) is 0.588. The van der Waals surface area contributed by atoms with Gasteiger partial charge in [0.2, 0.25) is 5.91 Å². The number of hydrogen-bond acceptors (Lipinski definition) is 2. The predicted molar refractivity (Wildman–Crippen MR) is 80.7 cm³/mol. The van der Waals surface area contributed by atoms with Crippen molar-refractivity contribution in [2.45, 2.75) is 51.1 Å². The summed E-state index contributed by atoms with van der Waals surface area (Å²) in [6.45, 7) is 3.76. The quantitative estimate of drug-likeness (QED) is 0.914. The van der Waals surface area contributed by atoms with Crippen LogP contribution in [-0.4, -0.2) is 36.0 Å². The highest BCUT2D eigenvalue weighted by atomic mass is 16.2. The van der Waals surface area contributed by atoms with Crippen molar-refractivity contribution in [3.63, 3.8) is 0 Å². The second kappa shape index (κ2) is 5.96. The largest absolute Gasteiger partial charge is 0.341 e. The maximum absolute atomic E-state index is 11.7. The topological polar surface area (TPSA) is 32.3 Å². The number of nitrogens with one attached hydrogen (secondary N) is 1. The van der Waals surface area contributed by atoms with Crippen molar-refractivity contribution in [1.82, 2.24) is 10.2 Å². The molecule has 108 valence electrons. The zero-order valence-electron chi connectivity index (χ0n) is 12.3. The first-order valence-electron chi connectivity index (χ1n) is 7.87. The number of likely N-dealkylation sites (tertiary alicyclic amines) is 1. The van der Waals surface area contributed by atoms with E-state index in [1.807, 2.05) is 11.8 Å². The zero-order chi connectivity index (χ0) is 13.9. The van der Waals surface area contributed by atoms with Gasteiger partial charge in [-0.25, -0.2) is 0 Å². The van der Waals surface area contributed by atoms with Crippen molar-refractivity contribution < 1.29 is 4.79 Å². The molecular weight excluding hydrogens is 248 g/mol. The van der Waals surface area contributed by atoms with Gasteiger partial charge in [0.05, 0.1) is 0 Å². The third-order valence-electron chi connectivity index (χ3n) is 4.66. The fourth-order valence-corrected chi connectivity index (χ4v) is 3.52. The monoisotopic (exact) mass is 272 g/mol. The molecule has 1 fully saturated rings. The lowest BCUT2D eigenvalue weighted by atomic mass is 9.88. The lowest BCUT2D eigenvalue weighted by Gasteiger charge is -2.28. The van der Waals surface area contributed by atoms with Gasteiger partial charge in [-0.1, -0.05) is 31.2 Å². The highest BCUT2D eigenvalue weighted by Crippen LogP contribution is 2.22. The highest BCUT2D eigenvalue weighted by Gasteiger charge is 2.28. The summed E-state index contributed by atoms with van der Waals surface area (Å²) in [7, 11) is 0. The van der Waals surface area contributed by atoms with E-state index in [1.165, 1.54) is 24.0 Å². The summed E-state index contributed by atoms with van der Waals surface area (Å²) < 4.78 is 0. The number of aryl methyl sites for hydroxylation is 1. The van der Waals surface area contributed by atoms with Crippen LogP contribution in [0, 0.1) is 0 Å². The average Bonchev–Trinajstić information content (AvgIpc) is 2.95. The Balaban J connectivity index is 1.54. The normalized spacial score (nSPS) is 25.6. The van der Waals surface area contributed by atoms with Crippen LogP contribution >= 0.6 is 0 Å². The molecule has 1 aliphatic carbocycles. The van der Waals surface area contributed by atoms with Crippen LogP contribution in [0.25, 0.3) is 0 Å². The molecule has 2 unspecified atom stereocenters. The van der Waals surface area contributed by atoms with Crippen LogP contribution in [0.3, 0.4) is 0 Å². The van der Waals surface area contributed by atoms with Gasteiger partial charge in [-0.05, 0) is 36.8 Å². The Morgan fingerprint density at radius 1 is 1.25 bits per heavy atom. The van der Waals surface area contributed by atoms with E-state index in [1.54, 1.807) is 0 Å². The van der Waals surface area contributed by atoms with E-state index >= 15 is 0 Å². The van der Waals surface area contributed by atoms with Gasteiger partial charge < -0.3 is 10.2 Å². The first kappa shape index (κ1) is 13.6. The summed E-state index contributed by atoms with van der Waals surface area (Å²) in [4.78, 5) is 13.7. The number of rotatable bonds is 3. The number of carbonyl (C=O) groups is 1. The molecule has 3 rings (SSSR count). The number of fused-ring (bicyclic) bond motifs is 1. The number of benzene rings is 1. The number of carbonyl (C=O) groups excluding carboxylic acids is 1. The molecule has 20 heavy (non-hydrogen) atoms. The molecule has 0 aromatic heterocycles. The standard InChI is InChI=1S/C17H24N2O/c1-2-17(20)19-10-9-16(12-19)18-15-8-7-13-5-3-4-6-14(13)11-15/h3-6,15-16,18H,2,7-12H2,1H3. The molecule has 1 aromatic rings. The Morgan fingerprint density at radius 3 is 2.85 bits per heavy atom. The summed E-state index contributed by atoms with van der Waals surface area (Å²) in [6.07, 6.45) is 5.26. The van der Waals surface area contributed by atoms with Crippen molar-refractivity contribution in [2.24, 2.45) is 0 Å². The van der Waals surface area contributed by atoms with Crippen LogP contribution in [0.2, 0.25) is 0 Å². The highest BCUT2D eigenvalue weighted by molar-refractivity contribution is 5.76. The van der Waals surface area contributed by atoms with Crippen molar-refractivity contribution in [3.8, 4) is 0 Å². The molecule has 1 heterocycles. The molecule has 1 amide bonds. The molecule has 1 N–H and O–H groups in total. The third-order valence-corrected chi connectivity index (χ3v) is 4.66. The Morgan fingerprint density at radius 2 is 2.05 bits per heavy atom. The average molecular weight is 272 g/mol. The minimum Gasteiger partial charge on any atom is -0.341 e. The fourth-order valence-electron chi connectivity index (χ4n) is 3.52. The second-order valence-corrected chi connectivity index (χ2v) is 6.05. The molecule has 3 heteroatoms. The predicted octanol–water partition coefficient (Wildman–Crippen LogP) is 2.14. The Hall–Kier alpha value is -1.35. The molecule has 1 aliphatic heterocycles. The van der Waals surface area contributed by atoms with Crippen molar-refractivity contribution in [2.75, 3.05) is 13.1 Å². The summed E-state index contributed by atoms with van der Waals surface area (Å²) in [5.41, 5.74) is 3.01. The maximum atomic E-state index is 11.7. The Kier molecular flexibility index (Phi) is 4.06. The van der Waals surface area contributed by atoms with Crippen LogP contribution in [-0.2, 0) is 17.6 Å². The first-order valence-corrected chi connectivity index (χ1v) is 7.87. The SMILES string of the molecule is CCC(=O)N1CCC(NC2CCc3ccccc3C2)C1. The van der Waals surface area contributed by atoms with Crippen LogP contribution in [0.5, 0.6) is 0 Å². The van der Waals surface area contributed by atoms with E-state index in [0.29, 0.717) is 24.4 Å². The molecule has 1 saturated heterocycles. The Labute approximate surface area is 121 Å². The molecule has 0 bridgehead atoms. The molecule has 0 radical (unpaired) electrons. The van der Waals surface area contributed by atoms with E-state index in [-0.39, 0.29) is 0 Å². The lowest BCUT2D eigenvalue weighted by Crippen LogP contribution is -2.43. The molecule has 0 saturated carbocycles. The van der Waals surface area contributed by atoms with E-state index in [9.17, 15) is 4.79 Å². The smallest absolute Gasteiger partial charge is 0.222 e. The van der Waals surface area contributed by atoms with Gasteiger partial charge in [-0.15, -0.1) is 0 Å². The van der Waals surface area contributed by atoms with Crippen molar-refractivity contribution in [3.05, 3.63) is 35.4 Å². The van der Waals surface area contributed by atoms with E-state index < -0.39 is 0 Å². The Bertz CT molecular complexity index is 486. The van der Waals surface area contributed by atoms with Crippen LogP contribution in [0.15, 0.2) is 24.3 Å². The van der Waals surface area contributed by atoms with Crippen LogP contribution in [0.1, 0.15) is 37.3 Å². The minimum atomic E-state index is 0.295.